The van der Waals surface area contributed by atoms with E-state index in [1.807, 2.05) is 12.1 Å². The van der Waals surface area contributed by atoms with Gasteiger partial charge in [-0.25, -0.2) is 24.1 Å². The van der Waals surface area contributed by atoms with Gasteiger partial charge >= 0.3 is 12.0 Å². The monoisotopic (exact) mass is 450 g/mol. The third-order valence-electron chi connectivity index (χ3n) is 4.27. The van der Waals surface area contributed by atoms with E-state index in [0.29, 0.717) is 27.8 Å². The van der Waals surface area contributed by atoms with E-state index in [1.54, 1.807) is 24.3 Å². The number of hydrogen-bond donors (Lipinski definition) is 3. The van der Waals surface area contributed by atoms with Gasteiger partial charge in [-0.2, -0.15) is 0 Å². The van der Waals surface area contributed by atoms with Gasteiger partial charge in [-0.15, -0.1) is 0 Å². The molecule has 0 fully saturated rings. The van der Waals surface area contributed by atoms with Crippen molar-refractivity contribution in [3.8, 4) is 22.9 Å². The van der Waals surface area contributed by atoms with Crippen LogP contribution in [0.3, 0.4) is 0 Å². The molecule has 32 heavy (non-hydrogen) atoms. The molecule has 0 radical (unpaired) electrons. The molecule has 10 heteroatoms. The quantitative estimate of drug-likeness (QED) is 0.377. The molecular formula is C22H16ClFN6O2. The number of rotatable bonds is 5. The number of halogens is 2. The van der Waals surface area contributed by atoms with Gasteiger partial charge in [-0.3, -0.25) is 0 Å². The van der Waals surface area contributed by atoms with E-state index >= 15 is 0 Å². The van der Waals surface area contributed by atoms with Gasteiger partial charge in [0.15, 0.2) is 0 Å². The summed E-state index contributed by atoms with van der Waals surface area (Å²) in [5.41, 5.74) is 7.82. The number of carbonyl (C=O) groups is 1. The van der Waals surface area contributed by atoms with Gasteiger partial charge in [0, 0.05) is 11.8 Å². The number of nitrogens with zero attached hydrogens (tertiary/aromatic N) is 3. The lowest BCUT2D eigenvalue weighted by Crippen LogP contribution is -2.20. The van der Waals surface area contributed by atoms with E-state index in [4.69, 9.17) is 22.1 Å². The smallest absolute Gasteiger partial charge is 0.323 e. The van der Waals surface area contributed by atoms with Crippen LogP contribution >= 0.6 is 11.6 Å². The predicted molar refractivity (Wildman–Crippen MR) is 120 cm³/mol. The molecule has 2 amide bonds. The molecule has 4 N–H and O–H groups in total. The number of benzene rings is 2. The van der Waals surface area contributed by atoms with Gasteiger partial charge in [0.2, 0.25) is 0 Å². The molecule has 0 saturated heterocycles. The lowest BCUT2D eigenvalue weighted by molar-refractivity contribution is 0.262. The minimum Gasteiger partial charge on any atom is -0.424 e. The Hall–Kier alpha value is -4.24. The maximum absolute atomic E-state index is 13.6. The van der Waals surface area contributed by atoms with Gasteiger partial charge in [0.25, 0.3) is 0 Å². The summed E-state index contributed by atoms with van der Waals surface area (Å²) in [7, 11) is 0. The lowest BCUT2D eigenvalue weighted by atomic mass is 10.1. The van der Waals surface area contributed by atoms with Crippen LogP contribution in [0.4, 0.5) is 26.4 Å². The van der Waals surface area contributed by atoms with Crippen LogP contribution < -0.4 is 21.1 Å². The Bertz CT molecular complexity index is 1250. The van der Waals surface area contributed by atoms with Crippen molar-refractivity contribution < 1.29 is 13.9 Å². The molecule has 2 aromatic heterocycles. The van der Waals surface area contributed by atoms with Crippen LogP contribution in [0.25, 0.3) is 11.1 Å². The number of urea groups is 1. The number of hydrogen-bond acceptors (Lipinski definition) is 6. The summed E-state index contributed by atoms with van der Waals surface area (Å²) >= 11 is 5.99. The zero-order chi connectivity index (χ0) is 22.5. The third-order valence-corrected chi connectivity index (χ3v) is 4.47. The number of nitrogens with one attached hydrogen (secondary N) is 2. The molecule has 0 saturated carbocycles. The van der Waals surface area contributed by atoms with E-state index in [1.165, 1.54) is 36.8 Å². The van der Waals surface area contributed by atoms with Crippen molar-refractivity contribution in [2.75, 3.05) is 16.4 Å². The van der Waals surface area contributed by atoms with E-state index in [9.17, 15) is 9.18 Å². The van der Waals surface area contributed by atoms with E-state index in [2.05, 4.69) is 25.6 Å². The van der Waals surface area contributed by atoms with Gasteiger partial charge < -0.3 is 21.1 Å². The highest BCUT2D eigenvalue weighted by Gasteiger charge is 2.09. The molecule has 0 aliphatic carbocycles. The first-order valence-corrected chi connectivity index (χ1v) is 9.69. The van der Waals surface area contributed by atoms with Crippen molar-refractivity contribution in [2.45, 2.75) is 0 Å². The number of ether oxygens (including phenoxy) is 1. The Balaban J connectivity index is 1.38. The molecule has 0 spiro atoms. The Labute approximate surface area is 187 Å². The zero-order valence-corrected chi connectivity index (χ0v) is 17.2. The number of anilines is 3. The van der Waals surface area contributed by atoms with E-state index in [-0.39, 0.29) is 11.7 Å². The highest BCUT2D eigenvalue weighted by molar-refractivity contribution is 6.30. The fraction of sp³-hybridized carbons (Fsp3) is 0. The van der Waals surface area contributed by atoms with Crippen LogP contribution in [0.1, 0.15) is 0 Å². The molecule has 160 valence electrons. The number of aromatic nitrogens is 3. The standard InChI is InChI=1S/C22H16ClFN6O2/c23-14-9-17(20(25)26-10-14)13-5-7-16(8-6-13)32-22-27-11-15(12-28-22)29-21(31)30-19-4-2-1-3-18(19)24/h1-12H,(H2,25,26)(H2,29,30,31). The first-order chi connectivity index (χ1) is 15.5. The summed E-state index contributed by atoms with van der Waals surface area (Å²) in [6.45, 7) is 0. The largest absolute Gasteiger partial charge is 0.424 e. The van der Waals surface area contributed by atoms with Crippen LogP contribution in [0.5, 0.6) is 11.8 Å². The average molecular weight is 451 g/mol. The summed E-state index contributed by atoms with van der Waals surface area (Å²) in [6, 6.07) is 14.1. The number of carbonyl (C=O) groups excluding carboxylic acids is 1. The SMILES string of the molecule is Nc1ncc(Cl)cc1-c1ccc(Oc2ncc(NC(=O)Nc3ccccc3F)cn2)cc1. The Morgan fingerprint density at radius 3 is 2.41 bits per heavy atom. The maximum Gasteiger partial charge on any atom is 0.323 e. The fourth-order valence-corrected chi connectivity index (χ4v) is 2.93. The second kappa shape index (κ2) is 9.27. The fourth-order valence-electron chi connectivity index (χ4n) is 2.77. The summed E-state index contributed by atoms with van der Waals surface area (Å²) in [5.74, 6) is 0.330. The number of pyridine rings is 1. The molecule has 4 rings (SSSR count). The number of nitrogens with two attached hydrogens (primary N) is 1. The Kier molecular flexibility index (Phi) is 6.09. The minimum absolute atomic E-state index is 0.0598. The molecule has 0 bridgehead atoms. The molecule has 0 atom stereocenters. The average Bonchev–Trinajstić information content (AvgIpc) is 2.79. The van der Waals surface area contributed by atoms with Crippen molar-refractivity contribution in [2.24, 2.45) is 0 Å². The number of para-hydroxylation sites is 1. The molecule has 4 aromatic rings. The minimum atomic E-state index is -0.627. The van der Waals surface area contributed by atoms with Gasteiger partial charge in [-0.05, 0) is 35.9 Å². The Morgan fingerprint density at radius 1 is 0.969 bits per heavy atom. The van der Waals surface area contributed by atoms with Gasteiger partial charge in [0.1, 0.15) is 17.4 Å². The van der Waals surface area contributed by atoms with Crippen molar-refractivity contribution in [3.05, 3.63) is 84.0 Å². The summed E-state index contributed by atoms with van der Waals surface area (Å²) in [5, 5.41) is 5.41. The third kappa shape index (κ3) is 5.08. The number of nitrogen functional groups attached to an aromatic ring is 1. The molecule has 2 heterocycles. The highest BCUT2D eigenvalue weighted by Crippen LogP contribution is 2.29. The van der Waals surface area contributed by atoms with Crippen LogP contribution in [0.2, 0.25) is 5.02 Å². The first-order valence-electron chi connectivity index (χ1n) is 9.32. The van der Waals surface area contributed by atoms with Gasteiger partial charge in [-0.1, -0.05) is 35.9 Å². The van der Waals surface area contributed by atoms with E-state index in [0.717, 1.165) is 5.56 Å². The van der Waals surface area contributed by atoms with Crippen LogP contribution in [0.15, 0.2) is 73.2 Å². The summed E-state index contributed by atoms with van der Waals surface area (Å²) in [4.78, 5) is 24.2. The van der Waals surface area contributed by atoms with Gasteiger partial charge in [0.05, 0.1) is 28.8 Å². The van der Waals surface area contributed by atoms with Crippen molar-refractivity contribution in [1.82, 2.24) is 15.0 Å². The second-order valence-electron chi connectivity index (χ2n) is 6.53. The second-order valence-corrected chi connectivity index (χ2v) is 6.96. The number of amides is 2. The molecule has 2 aromatic carbocycles. The van der Waals surface area contributed by atoms with Crippen LogP contribution in [-0.4, -0.2) is 21.0 Å². The molecular weight excluding hydrogens is 435 g/mol. The normalized spacial score (nSPS) is 10.4. The van der Waals surface area contributed by atoms with E-state index < -0.39 is 11.8 Å². The van der Waals surface area contributed by atoms with Crippen molar-refractivity contribution in [3.63, 3.8) is 0 Å². The first kappa shape index (κ1) is 21.0. The lowest BCUT2D eigenvalue weighted by Gasteiger charge is -2.09. The topological polar surface area (TPSA) is 115 Å². The van der Waals surface area contributed by atoms with Crippen molar-refractivity contribution in [1.29, 1.82) is 0 Å². The van der Waals surface area contributed by atoms with Crippen molar-refractivity contribution >= 4 is 34.8 Å². The predicted octanol–water partition coefficient (Wildman–Crippen LogP) is 5.35. The van der Waals surface area contributed by atoms with Crippen LogP contribution in [-0.2, 0) is 0 Å². The molecule has 8 nitrogen and oxygen atoms in total. The molecule has 0 aliphatic heterocycles. The summed E-state index contributed by atoms with van der Waals surface area (Å²) in [6.07, 6.45) is 4.23. The summed E-state index contributed by atoms with van der Waals surface area (Å²) < 4.78 is 19.2. The highest BCUT2D eigenvalue weighted by atomic mass is 35.5. The Morgan fingerprint density at radius 2 is 1.69 bits per heavy atom. The maximum atomic E-state index is 13.6. The molecule has 0 aliphatic rings. The molecule has 0 unspecified atom stereocenters. The van der Waals surface area contributed by atoms with Crippen LogP contribution in [0, 0.1) is 5.82 Å². The zero-order valence-electron chi connectivity index (χ0n) is 16.4.